The minimum atomic E-state index is -0.972. The number of ketones is 1. The Morgan fingerprint density at radius 2 is 1.94 bits per heavy atom. The first-order valence-electron chi connectivity index (χ1n) is 5.52. The van der Waals surface area contributed by atoms with E-state index in [1.807, 2.05) is 0 Å². The summed E-state index contributed by atoms with van der Waals surface area (Å²) in [7, 11) is 1.47. The lowest BCUT2D eigenvalue weighted by Gasteiger charge is -2.13. The molecule has 0 radical (unpaired) electrons. The standard InChI is InChI=1S/C13H16O5/c1-5-18-13(16)12(15)10-7(2)6-9(17-4)8(3)11(10)14/h6,14H,5H2,1-4H3. The van der Waals surface area contributed by atoms with E-state index in [0.717, 1.165) is 0 Å². The number of benzene rings is 1. The number of phenolic OH excluding ortho intramolecular Hbond substituents is 1. The molecule has 1 rings (SSSR count). The molecule has 0 heterocycles. The molecule has 18 heavy (non-hydrogen) atoms. The molecule has 5 heteroatoms. The predicted octanol–water partition coefficient (Wildman–Crippen LogP) is 1.76. The van der Waals surface area contributed by atoms with Crippen molar-refractivity contribution in [3.63, 3.8) is 0 Å². The number of carbonyl (C=O) groups is 2. The summed E-state index contributed by atoms with van der Waals surface area (Å²) in [6, 6.07) is 1.60. The third-order valence-electron chi connectivity index (χ3n) is 2.61. The average molecular weight is 252 g/mol. The van der Waals surface area contributed by atoms with Crippen molar-refractivity contribution >= 4 is 11.8 Å². The number of hydrogen-bond donors (Lipinski definition) is 1. The van der Waals surface area contributed by atoms with Gasteiger partial charge >= 0.3 is 5.97 Å². The van der Waals surface area contributed by atoms with Gasteiger partial charge in [0.05, 0.1) is 19.3 Å². The van der Waals surface area contributed by atoms with Gasteiger partial charge in [0.1, 0.15) is 11.5 Å². The summed E-state index contributed by atoms with van der Waals surface area (Å²) in [6.07, 6.45) is 0. The molecule has 0 atom stereocenters. The summed E-state index contributed by atoms with van der Waals surface area (Å²) in [6.45, 7) is 4.94. The van der Waals surface area contributed by atoms with Gasteiger partial charge in [-0.2, -0.15) is 0 Å². The van der Waals surface area contributed by atoms with Crippen molar-refractivity contribution < 1.29 is 24.2 Å². The highest BCUT2D eigenvalue weighted by Crippen LogP contribution is 2.33. The monoisotopic (exact) mass is 252 g/mol. The minimum absolute atomic E-state index is 0.0354. The van der Waals surface area contributed by atoms with Gasteiger partial charge in [0.25, 0.3) is 5.78 Å². The molecule has 0 unspecified atom stereocenters. The second-order valence-corrected chi connectivity index (χ2v) is 3.79. The van der Waals surface area contributed by atoms with Crippen LogP contribution in [0.4, 0.5) is 0 Å². The van der Waals surface area contributed by atoms with Crippen molar-refractivity contribution in [2.75, 3.05) is 13.7 Å². The number of methoxy groups -OCH3 is 1. The summed E-state index contributed by atoms with van der Waals surface area (Å²) in [5, 5.41) is 9.97. The van der Waals surface area contributed by atoms with Crippen molar-refractivity contribution in [1.29, 1.82) is 0 Å². The molecule has 0 fully saturated rings. The fourth-order valence-electron chi connectivity index (χ4n) is 1.67. The van der Waals surface area contributed by atoms with Crippen LogP contribution in [0.3, 0.4) is 0 Å². The zero-order chi connectivity index (χ0) is 13.9. The van der Waals surface area contributed by atoms with Crippen molar-refractivity contribution in [1.82, 2.24) is 0 Å². The van der Waals surface area contributed by atoms with Gasteiger partial charge in [-0.15, -0.1) is 0 Å². The maximum Gasteiger partial charge on any atom is 0.379 e. The van der Waals surface area contributed by atoms with Gasteiger partial charge in [0.15, 0.2) is 0 Å². The predicted molar refractivity (Wildman–Crippen MR) is 65.1 cm³/mol. The lowest BCUT2D eigenvalue weighted by atomic mass is 9.99. The molecule has 0 aromatic heterocycles. The molecule has 1 aromatic carbocycles. The van der Waals surface area contributed by atoms with Crippen molar-refractivity contribution in [2.45, 2.75) is 20.8 Å². The quantitative estimate of drug-likeness (QED) is 0.502. The molecular weight excluding hydrogens is 236 g/mol. The van der Waals surface area contributed by atoms with E-state index in [-0.39, 0.29) is 17.9 Å². The van der Waals surface area contributed by atoms with Crippen LogP contribution >= 0.6 is 0 Å². The summed E-state index contributed by atoms with van der Waals surface area (Å²) in [5.74, 6) is -1.60. The Morgan fingerprint density at radius 3 is 2.44 bits per heavy atom. The Hall–Kier alpha value is -2.04. The first kappa shape index (κ1) is 14.0. The number of rotatable bonds is 4. The lowest BCUT2D eigenvalue weighted by Crippen LogP contribution is -2.19. The van der Waals surface area contributed by atoms with Gasteiger partial charge in [-0.05, 0) is 32.4 Å². The van der Waals surface area contributed by atoms with Crippen LogP contribution in [0.1, 0.15) is 28.4 Å². The zero-order valence-corrected chi connectivity index (χ0v) is 10.9. The van der Waals surface area contributed by atoms with Crippen LogP contribution in [0, 0.1) is 13.8 Å². The van der Waals surface area contributed by atoms with Gasteiger partial charge in [-0.25, -0.2) is 4.79 Å². The molecular formula is C13H16O5. The summed E-state index contributed by atoms with van der Waals surface area (Å²) in [5.41, 5.74) is 0.843. The normalized spacial score (nSPS) is 10.0. The molecule has 0 aliphatic carbocycles. The van der Waals surface area contributed by atoms with E-state index in [2.05, 4.69) is 4.74 Å². The molecule has 1 N–H and O–H groups in total. The Kier molecular flexibility index (Phi) is 4.31. The maximum absolute atomic E-state index is 11.9. The number of aryl methyl sites for hydroxylation is 1. The number of esters is 1. The molecule has 0 aliphatic rings. The van der Waals surface area contributed by atoms with Crippen LogP contribution in [0.2, 0.25) is 0 Å². The topological polar surface area (TPSA) is 72.8 Å². The zero-order valence-electron chi connectivity index (χ0n) is 10.9. The van der Waals surface area contributed by atoms with Gasteiger partial charge in [0.2, 0.25) is 0 Å². The van der Waals surface area contributed by atoms with E-state index in [1.165, 1.54) is 7.11 Å². The van der Waals surface area contributed by atoms with E-state index in [9.17, 15) is 14.7 Å². The molecule has 0 amide bonds. The van der Waals surface area contributed by atoms with Crippen molar-refractivity contribution in [3.8, 4) is 11.5 Å². The molecule has 0 saturated heterocycles. The summed E-state index contributed by atoms with van der Waals surface area (Å²) >= 11 is 0. The maximum atomic E-state index is 11.9. The second-order valence-electron chi connectivity index (χ2n) is 3.79. The Labute approximate surface area is 105 Å². The Bertz CT molecular complexity index is 491. The molecule has 0 saturated carbocycles. The van der Waals surface area contributed by atoms with E-state index in [1.54, 1.807) is 26.8 Å². The van der Waals surface area contributed by atoms with E-state index < -0.39 is 11.8 Å². The fraction of sp³-hybridized carbons (Fsp3) is 0.385. The van der Waals surface area contributed by atoms with Crippen LogP contribution in [0.5, 0.6) is 11.5 Å². The van der Waals surface area contributed by atoms with Crippen LogP contribution in [0.25, 0.3) is 0 Å². The van der Waals surface area contributed by atoms with Gasteiger partial charge < -0.3 is 14.6 Å². The third kappa shape index (κ3) is 2.45. The summed E-state index contributed by atoms with van der Waals surface area (Å²) in [4.78, 5) is 23.3. The van der Waals surface area contributed by atoms with Crippen LogP contribution in [0.15, 0.2) is 6.07 Å². The molecule has 98 valence electrons. The van der Waals surface area contributed by atoms with E-state index in [4.69, 9.17) is 4.74 Å². The fourth-order valence-corrected chi connectivity index (χ4v) is 1.67. The molecule has 0 aliphatic heterocycles. The molecule has 5 nitrogen and oxygen atoms in total. The highest BCUT2D eigenvalue weighted by Gasteiger charge is 2.25. The highest BCUT2D eigenvalue weighted by molar-refractivity contribution is 6.41. The Morgan fingerprint density at radius 1 is 1.33 bits per heavy atom. The van der Waals surface area contributed by atoms with E-state index >= 15 is 0 Å². The number of Topliss-reactive ketones (excluding diaryl/α,β-unsaturated/α-hetero) is 1. The van der Waals surface area contributed by atoms with E-state index in [0.29, 0.717) is 16.9 Å². The first-order valence-corrected chi connectivity index (χ1v) is 5.52. The van der Waals surface area contributed by atoms with Crippen LogP contribution < -0.4 is 4.74 Å². The van der Waals surface area contributed by atoms with Crippen molar-refractivity contribution in [3.05, 3.63) is 22.8 Å². The molecule has 1 aromatic rings. The smallest absolute Gasteiger partial charge is 0.379 e. The second kappa shape index (κ2) is 5.53. The number of carbonyl (C=O) groups excluding carboxylic acids is 2. The van der Waals surface area contributed by atoms with Gasteiger partial charge in [-0.3, -0.25) is 4.79 Å². The minimum Gasteiger partial charge on any atom is -0.507 e. The van der Waals surface area contributed by atoms with Gasteiger partial charge in [-0.1, -0.05) is 0 Å². The highest BCUT2D eigenvalue weighted by atomic mass is 16.5. The van der Waals surface area contributed by atoms with Crippen molar-refractivity contribution in [2.24, 2.45) is 0 Å². The molecule has 0 bridgehead atoms. The largest absolute Gasteiger partial charge is 0.507 e. The van der Waals surface area contributed by atoms with Gasteiger partial charge in [0, 0.05) is 5.56 Å². The number of aromatic hydroxyl groups is 1. The average Bonchev–Trinajstić information content (AvgIpc) is 2.34. The summed E-state index contributed by atoms with van der Waals surface area (Å²) < 4.78 is 9.70. The van der Waals surface area contributed by atoms with Crippen LogP contribution in [-0.4, -0.2) is 30.6 Å². The lowest BCUT2D eigenvalue weighted by molar-refractivity contribution is -0.137. The SMILES string of the molecule is CCOC(=O)C(=O)c1c(C)cc(OC)c(C)c1O. The number of hydrogen-bond acceptors (Lipinski definition) is 5. The Balaban J connectivity index is 3.30. The molecule has 0 spiro atoms. The number of ether oxygens (including phenoxy) is 2. The van der Waals surface area contributed by atoms with Crippen LogP contribution in [-0.2, 0) is 9.53 Å². The number of phenols is 1. The first-order chi connectivity index (χ1) is 8.43. The third-order valence-corrected chi connectivity index (χ3v) is 2.61.